The maximum absolute atomic E-state index is 13.0. The molecule has 0 N–H and O–H groups in total. The summed E-state index contributed by atoms with van der Waals surface area (Å²) in [5.74, 6) is 0.241. The minimum absolute atomic E-state index is 0.117. The van der Waals surface area contributed by atoms with E-state index in [1.54, 1.807) is 11.0 Å². The lowest BCUT2D eigenvalue weighted by Gasteiger charge is -2.32. The molecule has 1 aliphatic heterocycles. The Bertz CT molecular complexity index is 919. The molecule has 0 saturated carbocycles. The highest BCUT2D eigenvalue weighted by molar-refractivity contribution is 6.35. The molecular weight excluding hydrogens is 338 g/mol. The van der Waals surface area contributed by atoms with Gasteiger partial charge in [0.2, 0.25) is 0 Å². The summed E-state index contributed by atoms with van der Waals surface area (Å²) in [6, 6.07) is 15.5. The highest BCUT2D eigenvalue weighted by Crippen LogP contribution is 2.32. The van der Waals surface area contributed by atoms with Crippen LogP contribution in [0.1, 0.15) is 27.8 Å². The van der Waals surface area contributed by atoms with Gasteiger partial charge < -0.3 is 14.1 Å². The molecule has 0 bridgehead atoms. The van der Waals surface area contributed by atoms with Crippen molar-refractivity contribution in [1.29, 1.82) is 0 Å². The lowest BCUT2D eigenvalue weighted by atomic mass is 10.1. The second-order valence-electron chi connectivity index (χ2n) is 6.19. The number of fused-ring (bicyclic) bond motifs is 1. The van der Waals surface area contributed by atoms with Crippen LogP contribution in [0.4, 0.5) is 0 Å². The van der Waals surface area contributed by atoms with Crippen molar-refractivity contribution in [3.8, 4) is 0 Å². The SMILES string of the molecule is Cc1c(C(=O)N2CCOC(c3ccccc3)C2)oc2c(Cl)cccc12. The lowest BCUT2D eigenvalue weighted by Crippen LogP contribution is -2.42. The molecule has 2 aromatic carbocycles. The number of carbonyl (C=O) groups is 1. The molecule has 0 aliphatic carbocycles. The smallest absolute Gasteiger partial charge is 0.290 e. The molecule has 1 fully saturated rings. The summed E-state index contributed by atoms with van der Waals surface area (Å²) in [7, 11) is 0. The van der Waals surface area contributed by atoms with E-state index in [-0.39, 0.29) is 12.0 Å². The summed E-state index contributed by atoms with van der Waals surface area (Å²) in [5, 5.41) is 1.40. The Morgan fingerprint density at radius 1 is 1.16 bits per heavy atom. The normalized spacial score (nSPS) is 17.8. The Hall–Kier alpha value is -2.30. The van der Waals surface area contributed by atoms with Crippen LogP contribution in [-0.4, -0.2) is 30.5 Å². The van der Waals surface area contributed by atoms with E-state index in [0.29, 0.717) is 36.1 Å². The van der Waals surface area contributed by atoms with E-state index >= 15 is 0 Å². The fourth-order valence-corrected chi connectivity index (χ4v) is 3.47. The number of nitrogens with zero attached hydrogens (tertiary/aromatic N) is 1. The molecule has 1 saturated heterocycles. The molecular formula is C20H18ClNO3. The van der Waals surface area contributed by atoms with Crippen LogP contribution in [0.3, 0.4) is 0 Å². The van der Waals surface area contributed by atoms with Gasteiger partial charge in [0, 0.05) is 17.5 Å². The number of amides is 1. The summed E-state index contributed by atoms with van der Waals surface area (Å²) in [6.45, 7) is 3.45. The number of morpholine rings is 1. The van der Waals surface area contributed by atoms with Crippen LogP contribution in [0.25, 0.3) is 11.0 Å². The van der Waals surface area contributed by atoms with E-state index in [9.17, 15) is 4.79 Å². The van der Waals surface area contributed by atoms with Crippen molar-refractivity contribution >= 4 is 28.5 Å². The first kappa shape index (κ1) is 16.2. The molecule has 1 aliphatic rings. The van der Waals surface area contributed by atoms with Crippen molar-refractivity contribution in [3.63, 3.8) is 0 Å². The van der Waals surface area contributed by atoms with Crippen molar-refractivity contribution in [2.24, 2.45) is 0 Å². The van der Waals surface area contributed by atoms with Crippen LogP contribution < -0.4 is 0 Å². The minimum Gasteiger partial charge on any atom is -0.449 e. The maximum atomic E-state index is 13.0. The van der Waals surface area contributed by atoms with Crippen molar-refractivity contribution in [2.45, 2.75) is 13.0 Å². The zero-order valence-electron chi connectivity index (χ0n) is 13.9. The summed E-state index contributed by atoms with van der Waals surface area (Å²) >= 11 is 6.20. The topological polar surface area (TPSA) is 42.7 Å². The Morgan fingerprint density at radius 3 is 2.72 bits per heavy atom. The molecule has 1 atom stereocenters. The number of para-hydroxylation sites is 1. The second kappa shape index (κ2) is 6.54. The van der Waals surface area contributed by atoms with Gasteiger partial charge in [0.15, 0.2) is 11.3 Å². The summed E-state index contributed by atoms with van der Waals surface area (Å²) in [6.07, 6.45) is -0.118. The third-order valence-corrected chi connectivity index (χ3v) is 4.93. The van der Waals surface area contributed by atoms with Crippen LogP contribution in [0.2, 0.25) is 5.02 Å². The quantitative estimate of drug-likeness (QED) is 0.674. The van der Waals surface area contributed by atoms with E-state index < -0.39 is 0 Å². The Labute approximate surface area is 150 Å². The van der Waals surface area contributed by atoms with Gasteiger partial charge in [0.05, 0.1) is 18.2 Å². The zero-order valence-corrected chi connectivity index (χ0v) is 14.6. The number of halogens is 1. The van der Waals surface area contributed by atoms with Gasteiger partial charge >= 0.3 is 0 Å². The Kier molecular flexibility index (Phi) is 4.24. The highest BCUT2D eigenvalue weighted by atomic mass is 35.5. The molecule has 0 radical (unpaired) electrons. The number of rotatable bonds is 2. The van der Waals surface area contributed by atoms with E-state index in [0.717, 1.165) is 16.5 Å². The van der Waals surface area contributed by atoms with Crippen LogP contribution >= 0.6 is 11.6 Å². The van der Waals surface area contributed by atoms with Crippen LogP contribution in [0.5, 0.6) is 0 Å². The molecule has 1 aromatic heterocycles. The Morgan fingerprint density at radius 2 is 1.96 bits per heavy atom. The molecule has 1 unspecified atom stereocenters. The average Bonchev–Trinajstić information content (AvgIpc) is 3.00. The van der Waals surface area contributed by atoms with Gasteiger partial charge in [0.25, 0.3) is 5.91 Å². The number of hydrogen-bond acceptors (Lipinski definition) is 3. The number of benzene rings is 2. The van der Waals surface area contributed by atoms with Crippen molar-refractivity contribution in [2.75, 3.05) is 19.7 Å². The fraction of sp³-hybridized carbons (Fsp3) is 0.250. The first-order valence-corrected chi connectivity index (χ1v) is 8.66. The summed E-state index contributed by atoms with van der Waals surface area (Å²) < 4.78 is 11.7. The van der Waals surface area contributed by atoms with Crippen molar-refractivity contribution < 1.29 is 13.9 Å². The van der Waals surface area contributed by atoms with Gasteiger partial charge in [0.1, 0.15) is 6.10 Å². The van der Waals surface area contributed by atoms with Gasteiger partial charge in [-0.1, -0.05) is 54.1 Å². The van der Waals surface area contributed by atoms with Gasteiger partial charge in [-0.3, -0.25) is 4.79 Å². The molecule has 3 aromatic rings. The van der Waals surface area contributed by atoms with E-state index in [1.807, 2.05) is 49.4 Å². The van der Waals surface area contributed by atoms with Crippen LogP contribution in [-0.2, 0) is 4.74 Å². The summed E-state index contributed by atoms with van der Waals surface area (Å²) in [4.78, 5) is 14.8. The molecule has 128 valence electrons. The van der Waals surface area contributed by atoms with E-state index in [2.05, 4.69) is 0 Å². The molecule has 4 rings (SSSR count). The van der Waals surface area contributed by atoms with Gasteiger partial charge in [-0.05, 0) is 18.6 Å². The maximum Gasteiger partial charge on any atom is 0.290 e. The third kappa shape index (κ3) is 2.92. The zero-order chi connectivity index (χ0) is 17.4. The number of furan rings is 1. The van der Waals surface area contributed by atoms with Gasteiger partial charge in [-0.2, -0.15) is 0 Å². The number of hydrogen-bond donors (Lipinski definition) is 0. The third-order valence-electron chi connectivity index (χ3n) is 4.63. The van der Waals surface area contributed by atoms with Crippen LogP contribution in [0.15, 0.2) is 52.9 Å². The highest BCUT2D eigenvalue weighted by Gasteiger charge is 2.29. The molecule has 25 heavy (non-hydrogen) atoms. The predicted octanol–water partition coefficient (Wildman–Crippen LogP) is 4.61. The molecule has 1 amide bonds. The molecule has 2 heterocycles. The molecule has 4 nitrogen and oxygen atoms in total. The monoisotopic (exact) mass is 355 g/mol. The summed E-state index contributed by atoms with van der Waals surface area (Å²) in [5.41, 5.74) is 2.47. The lowest BCUT2D eigenvalue weighted by molar-refractivity contribution is -0.0237. The van der Waals surface area contributed by atoms with E-state index in [4.69, 9.17) is 20.8 Å². The van der Waals surface area contributed by atoms with Crippen molar-refractivity contribution in [3.05, 3.63) is 70.4 Å². The average molecular weight is 356 g/mol. The fourth-order valence-electron chi connectivity index (χ4n) is 3.26. The largest absolute Gasteiger partial charge is 0.449 e. The van der Waals surface area contributed by atoms with Crippen molar-refractivity contribution in [1.82, 2.24) is 4.90 Å². The first-order valence-electron chi connectivity index (χ1n) is 8.28. The van der Waals surface area contributed by atoms with Gasteiger partial charge in [-0.15, -0.1) is 0 Å². The first-order chi connectivity index (χ1) is 12.1. The number of ether oxygens (including phenoxy) is 1. The standard InChI is InChI=1S/C20H18ClNO3/c1-13-15-8-5-9-16(21)19(15)25-18(13)20(23)22-10-11-24-17(12-22)14-6-3-2-4-7-14/h2-9,17H,10-12H2,1H3. The second-order valence-corrected chi connectivity index (χ2v) is 6.60. The Balaban J connectivity index is 1.63. The van der Waals surface area contributed by atoms with Crippen LogP contribution in [0, 0.1) is 6.92 Å². The predicted molar refractivity (Wildman–Crippen MR) is 97.0 cm³/mol. The van der Waals surface area contributed by atoms with E-state index in [1.165, 1.54) is 0 Å². The number of aryl methyl sites for hydroxylation is 1. The minimum atomic E-state index is -0.118. The molecule has 0 spiro atoms. The number of carbonyl (C=O) groups excluding carboxylic acids is 1. The molecule has 5 heteroatoms. The van der Waals surface area contributed by atoms with Gasteiger partial charge in [-0.25, -0.2) is 0 Å².